The highest BCUT2D eigenvalue weighted by molar-refractivity contribution is 5.98. The molecular formula is C54H57ClF2N8O5. The first-order valence-corrected chi connectivity index (χ1v) is 22.8. The van der Waals surface area contributed by atoms with Gasteiger partial charge in [0.25, 0.3) is 5.91 Å². The fourth-order valence-electron chi connectivity index (χ4n) is 9.07. The quantitative estimate of drug-likeness (QED) is 0.114. The molecule has 364 valence electrons. The Kier molecular flexibility index (Phi) is 14.3. The zero-order valence-electron chi connectivity index (χ0n) is 40.6. The number of nitrogens with one attached hydrogen (secondary N) is 3. The summed E-state index contributed by atoms with van der Waals surface area (Å²) in [6, 6.07) is 24.7. The number of carboxylic acids is 1. The number of benzene rings is 4. The number of alkyl halides is 2. The maximum atomic E-state index is 15.4. The van der Waals surface area contributed by atoms with Gasteiger partial charge in [0.15, 0.2) is 11.3 Å². The molecule has 4 N–H and O–H groups in total. The van der Waals surface area contributed by atoms with Crippen molar-refractivity contribution in [2.45, 2.75) is 77.6 Å². The predicted molar refractivity (Wildman–Crippen MR) is 264 cm³/mol. The van der Waals surface area contributed by atoms with Gasteiger partial charge in [0.2, 0.25) is 0 Å². The number of aromatic nitrogens is 4. The fraction of sp³-hybridized carbons (Fsp3) is 0.370. The summed E-state index contributed by atoms with van der Waals surface area (Å²) in [5, 5.41) is 29.7. The van der Waals surface area contributed by atoms with Crippen LogP contribution < -0.4 is 5.32 Å². The lowest BCUT2D eigenvalue weighted by atomic mass is 9.86. The lowest BCUT2D eigenvalue weighted by molar-refractivity contribution is -0.0539. The molecule has 0 atom stereocenters. The molecule has 2 aromatic heterocycles. The molecule has 0 radical (unpaired) electrons. The minimum Gasteiger partial charge on any atom is -0.478 e. The fourth-order valence-corrected chi connectivity index (χ4v) is 9.07. The number of hydrogen-bond acceptors (Lipinski definition) is 9. The SMILES string of the molecule is Cc1cc(C)c(-c2nc(C3(C)COC3)[nH]c2C)cc1C(=O)N1CC(F)(c2ccc(C#N)cc2)C1.Cc1cc(C)c(-c2nc(C3(C)COC3)[nH]c2C)cc1C(=O)O.Cl.N#Cc1ccc(C2(F)CNC2)cc1. The van der Waals surface area contributed by atoms with Crippen molar-refractivity contribution in [1.82, 2.24) is 30.2 Å². The van der Waals surface area contributed by atoms with Crippen molar-refractivity contribution in [3.8, 4) is 34.7 Å². The van der Waals surface area contributed by atoms with Crippen LogP contribution in [-0.2, 0) is 31.6 Å². The number of aryl methyl sites for hydroxylation is 6. The van der Waals surface area contributed by atoms with Crippen molar-refractivity contribution in [2.24, 2.45) is 0 Å². The number of amides is 1. The van der Waals surface area contributed by atoms with E-state index in [0.717, 1.165) is 67.8 Å². The first-order valence-electron chi connectivity index (χ1n) is 22.8. The summed E-state index contributed by atoms with van der Waals surface area (Å²) >= 11 is 0. The zero-order valence-corrected chi connectivity index (χ0v) is 41.4. The Hall–Kier alpha value is -6.75. The van der Waals surface area contributed by atoms with Crippen LogP contribution in [0.4, 0.5) is 8.78 Å². The predicted octanol–water partition coefficient (Wildman–Crippen LogP) is 9.22. The number of nitriles is 2. The number of carbonyl (C=O) groups excluding carboxylic acids is 1. The average molecular weight is 972 g/mol. The number of hydrogen-bond donors (Lipinski definition) is 4. The molecule has 4 saturated heterocycles. The van der Waals surface area contributed by atoms with Gasteiger partial charge in [-0.05, 0) is 125 Å². The Labute approximate surface area is 412 Å². The van der Waals surface area contributed by atoms with Crippen LogP contribution in [-0.4, -0.2) is 94.4 Å². The minimum absolute atomic E-state index is 0. The molecule has 0 bridgehead atoms. The third-order valence-corrected chi connectivity index (χ3v) is 13.8. The number of carbonyl (C=O) groups is 2. The number of nitrogens with zero attached hydrogens (tertiary/aromatic N) is 5. The highest BCUT2D eigenvalue weighted by Gasteiger charge is 2.48. The molecule has 16 heteroatoms. The van der Waals surface area contributed by atoms with Crippen LogP contribution in [0.3, 0.4) is 0 Å². The maximum Gasteiger partial charge on any atom is 0.335 e. The molecule has 6 aromatic rings. The van der Waals surface area contributed by atoms with Gasteiger partial charge >= 0.3 is 5.97 Å². The molecule has 4 fully saturated rings. The van der Waals surface area contributed by atoms with E-state index in [1.807, 2.05) is 71.9 Å². The van der Waals surface area contributed by atoms with Gasteiger partial charge in [0.1, 0.15) is 11.6 Å². The molecule has 4 aliphatic rings. The largest absolute Gasteiger partial charge is 0.478 e. The summed E-state index contributed by atoms with van der Waals surface area (Å²) in [6.45, 7) is 19.2. The van der Waals surface area contributed by atoms with Crippen molar-refractivity contribution >= 4 is 24.3 Å². The third kappa shape index (κ3) is 9.72. The van der Waals surface area contributed by atoms with E-state index >= 15 is 4.39 Å². The maximum absolute atomic E-state index is 15.4. The van der Waals surface area contributed by atoms with Crippen LogP contribution in [0, 0.1) is 64.2 Å². The molecular weight excluding hydrogens is 914 g/mol. The van der Waals surface area contributed by atoms with Crippen molar-refractivity contribution in [3.63, 3.8) is 0 Å². The smallest absolute Gasteiger partial charge is 0.335 e. The first kappa shape index (κ1) is 51.1. The number of imidazole rings is 2. The number of H-pyrrole nitrogens is 2. The molecule has 0 spiro atoms. The van der Waals surface area contributed by atoms with Crippen LogP contribution in [0.2, 0.25) is 0 Å². The van der Waals surface area contributed by atoms with Crippen molar-refractivity contribution in [2.75, 3.05) is 52.6 Å². The molecule has 6 heterocycles. The number of rotatable bonds is 8. The van der Waals surface area contributed by atoms with Crippen molar-refractivity contribution in [1.29, 1.82) is 10.5 Å². The van der Waals surface area contributed by atoms with E-state index in [9.17, 15) is 19.1 Å². The average Bonchev–Trinajstić information content (AvgIpc) is 3.87. The summed E-state index contributed by atoms with van der Waals surface area (Å²) < 4.78 is 39.8. The second-order valence-electron chi connectivity index (χ2n) is 19.6. The second kappa shape index (κ2) is 19.6. The standard InChI is InChI=1S/C27H27FN4O2.C17H20N2O3.C10H9FN2.ClH/c1-16-9-17(2)22(10-21(16)23-18(3)30-25(31-23)26(4)14-34-15-26)24(33)32-12-27(28,13-32)20-7-5-19(11-29)6-8-20;1-9-5-10(2)13(15(20)21)6-12(9)14-11(3)18-16(19-14)17(4)7-22-8-17;11-10(6-13-7-10)9-3-1-8(5-12)2-4-9;/h5-10H,12-15H2,1-4H3,(H,30,31);5-6H,7-8H2,1-4H3,(H,18,19)(H,20,21);1-4,13H,6-7H2;1H. The van der Waals surface area contributed by atoms with E-state index in [1.165, 1.54) is 4.90 Å². The molecule has 70 heavy (non-hydrogen) atoms. The number of likely N-dealkylation sites (tertiary alicyclic amines) is 1. The number of aromatic carboxylic acids is 1. The minimum atomic E-state index is -1.60. The van der Waals surface area contributed by atoms with E-state index in [4.69, 9.17) is 30.0 Å². The molecule has 4 aliphatic heterocycles. The van der Waals surface area contributed by atoms with E-state index in [-0.39, 0.29) is 42.2 Å². The van der Waals surface area contributed by atoms with Crippen LogP contribution in [0.5, 0.6) is 0 Å². The zero-order chi connectivity index (χ0) is 49.6. The van der Waals surface area contributed by atoms with Gasteiger partial charge in [-0.3, -0.25) is 4.79 Å². The Bertz CT molecular complexity index is 3040. The number of aromatic amines is 2. The van der Waals surface area contributed by atoms with Crippen LogP contribution >= 0.6 is 12.4 Å². The molecule has 10 rings (SSSR count). The lowest BCUT2D eigenvalue weighted by Crippen LogP contribution is -2.58. The van der Waals surface area contributed by atoms with Gasteiger partial charge in [-0.25, -0.2) is 23.5 Å². The summed E-state index contributed by atoms with van der Waals surface area (Å²) in [5.74, 6) is 0.703. The highest BCUT2D eigenvalue weighted by atomic mass is 35.5. The molecule has 13 nitrogen and oxygen atoms in total. The topological polar surface area (TPSA) is 193 Å². The van der Waals surface area contributed by atoms with Crippen molar-refractivity contribution < 1.29 is 33.0 Å². The molecule has 1 amide bonds. The van der Waals surface area contributed by atoms with Gasteiger partial charge < -0.3 is 34.8 Å². The summed E-state index contributed by atoms with van der Waals surface area (Å²) in [6.07, 6.45) is 0. The lowest BCUT2D eigenvalue weighted by Gasteiger charge is -2.45. The Morgan fingerprint density at radius 1 is 0.643 bits per heavy atom. The molecule has 0 saturated carbocycles. The molecule has 0 aliphatic carbocycles. The number of ether oxygens (including phenoxy) is 2. The van der Waals surface area contributed by atoms with E-state index in [1.54, 1.807) is 54.6 Å². The Balaban J connectivity index is 0.000000171. The van der Waals surface area contributed by atoms with Crippen LogP contribution in [0.25, 0.3) is 22.5 Å². The third-order valence-electron chi connectivity index (χ3n) is 13.8. The van der Waals surface area contributed by atoms with Crippen molar-refractivity contribution in [3.05, 3.63) is 151 Å². The van der Waals surface area contributed by atoms with Gasteiger partial charge in [0, 0.05) is 41.2 Å². The Morgan fingerprint density at radius 2 is 1.04 bits per heavy atom. The second-order valence-corrected chi connectivity index (χ2v) is 19.6. The molecule has 4 aromatic carbocycles. The van der Waals surface area contributed by atoms with Gasteiger partial charge in [0.05, 0.1) is 90.6 Å². The highest BCUT2D eigenvalue weighted by Crippen LogP contribution is 2.40. The van der Waals surface area contributed by atoms with Crippen LogP contribution in [0.1, 0.15) is 102 Å². The summed E-state index contributed by atoms with van der Waals surface area (Å²) in [4.78, 5) is 42.6. The van der Waals surface area contributed by atoms with E-state index < -0.39 is 17.3 Å². The van der Waals surface area contributed by atoms with Gasteiger partial charge in [-0.2, -0.15) is 10.5 Å². The Morgan fingerprint density at radius 3 is 1.40 bits per heavy atom. The van der Waals surface area contributed by atoms with Gasteiger partial charge in [-0.15, -0.1) is 12.4 Å². The molecule has 0 unspecified atom stereocenters. The van der Waals surface area contributed by atoms with E-state index in [0.29, 0.717) is 72.9 Å². The normalized spacial score (nSPS) is 17.4. The number of carboxylic acid groups (broad SMARTS) is 1. The van der Waals surface area contributed by atoms with E-state index in [2.05, 4.69) is 29.1 Å². The summed E-state index contributed by atoms with van der Waals surface area (Å²) in [7, 11) is 0. The first-order chi connectivity index (χ1) is 32.7. The van der Waals surface area contributed by atoms with Crippen LogP contribution in [0.15, 0.2) is 72.8 Å². The monoisotopic (exact) mass is 970 g/mol. The number of halogens is 3. The summed E-state index contributed by atoms with van der Waals surface area (Å²) in [5.41, 5.74) is 9.08. The van der Waals surface area contributed by atoms with Gasteiger partial charge in [-0.1, -0.05) is 36.4 Å².